The quantitative estimate of drug-likeness (QED) is 0.695. The molecule has 0 bridgehead atoms. The van der Waals surface area contributed by atoms with Crippen molar-refractivity contribution < 1.29 is 13.6 Å². The molecule has 0 aliphatic carbocycles. The number of carbonyl (C=O) groups is 1. The molecule has 0 saturated carbocycles. The summed E-state index contributed by atoms with van der Waals surface area (Å²) in [6.45, 7) is 4.55. The fraction of sp³-hybridized carbons (Fsp3) is 0.348. The summed E-state index contributed by atoms with van der Waals surface area (Å²) in [5, 5.41) is -0.565. The van der Waals surface area contributed by atoms with Crippen LogP contribution >= 0.6 is 0 Å². The van der Waals surface area contributed by atoms with Crippen LogP contribution in [-0.4, -0.2) is 26.9 Å². The van der Waals surface area contributed by atoms with E-state index in [1.54, 1.807) is 4.90 Å². The topological polar surface area (TPSA) is 75.2 Å². The van der Waals surface area contributed by atoms with Crippen LogP contribution < -0.4 is 11.2 Å². The number of nitrogens with zero attached hydrogens (tertiary/aromatic N) is 2. The van der Waals surface area contributed by atoms with Crippen LogP contribution in [0.2, 0.25) is 0 Å². The van der Waals surface area contributed by atoms with Crippen molar-refractivity contribution in [1.82, 2.24) is 14.5 Å². The number of hydrogen-bond acceptors (Lipinski definition) is 3. The molecule has 4 rings (SSSR count). The lowest BCUT2D eigenvalue weighted by atomic mass is 9.97. The Labute approximate surface area is 177 Å². The van der Waals surface area contributed by atoms with Gasteiger partial charge in [-0.25, -0.2) is 18.1 Å². The molecule has 31 heavy (non-hydrogen) atoms. The SMILES string of the molecule is CC(C)C[C@H](C(=O)N1CCc2ccccc2C1)n1c(=O)[nH]c2ccc(F)c(F)c2c1=O. The fourth-order valence-corrected chi connectivity index (χ4v) is 4.19. The van der Waals surface area contributed by atoms with E-state index in [-0.39, 0.29) is 23.8 Å². The Kier molecular flexibility index (Phi) is 5.47. The van der Waals surface area contributed by atoms with Crippen molar-refractivity contribution in [2.75, 3.05) is 6.54 Å². The average molecular weight is 427 g/mol. The predicted molar refractivity (Wildman–Crippen MR) is 113 cm³/mol. The van der Waals surface area contributed by atoms with E-state index < -0.39 is 34.3 Å². The van der Waals surface area contributed by atoms with Gasteiger partial charge in [0, 0.05) is 13.1 Å². The second kappa shape index (κ2) is 8.09. The molecule has 1 aromatic heterocycles. The van der Waals surface area contributed by atoms with Crippen LogP contribution in [0.1, 0.15) is 37.4 Å². The summed E-state index contributed by atoms with van der Waals surface area (Å²) < 4.78 is 28.9. The number of rotatable bonds is 4. The molecule has 1 aliphatic rings. The van der Waals surface area contributed by atoms with Crippen LogP contribution in [0.3, 0.4) is 0 Å². The lowest BCUT2D eigenvalue weighted by molar-refractivity contribution is -0.136. The summed E-state index contributed by atoms with van der Waals surface area (Å²) in [5.41, 5.74) is 0.239. The van der Waals surface area contributed by atoms with Crippen molar-refractivity contribution >= 4 is 16.8 Å². The van der Waals surface area contributed by atoms with E-state index in [1.807, 2.05) is 38.1 Å². The van der Waals surface area contributed by atoms with Crippen molar-refractivity contribution in [1.29, 1.82) is 0 Å². The molecule has 0 unspecified atom stereocenters. The molecule has 2 heterocycles. The highest BCUT2D eigenvalue weighted by Gasteiger charge is 2.32. The predicted octanol–water partition coefficient (Wildman–Crippen LogP) is 3.14. The van der Waals surface area contributed by atoms with Crippen LogP contribution in [0.5, 0.6) is 0 Å². The largest absolute Gasteiger partial charge is 0.336 e. The smallest absolute Gasteiger partial charge is 0.329 e. The Morgan fingerprint density at radius 3 is 2.52 bits per heavy atom. The highest BCUT2D eigenvalue weighted by atomic mass is 19.2. The van der Waals surface area contributed by atoms with Gasteiger partial charge in [-0.3, -0.25) is 9.59 Å². The van der Waals surface area contributed by atoms with Crippen LogP contribution in [0.15, 0.2) is 46.0 Å². The summed E-state index contributed by atoms with van der Waals surface area (Å²) in [7, 11) is 0. The van der Waals surface area contributed by atoms with Gasteiger partial charge in [0.15, 0.2) is 11.6 Å². The maximum Gasteiger partial charge on any atom is 0.329 e. The van der Waals surface area contributed by atoms with Gasteiger partial charge in [-0.2, -0.15) is 0 Å². The van der Waals surface area contributed by atoms with Crippen molar-refractivity contribution in [3.8, 4) is 0 Å². The number of halogens is 2. The molecular formula is C23H23F2N3O3. The van der Waals surface area contributed by atoms with E-state index in [4.69, 9.17) is 0 Å². The summed E-state index contributed by atoms with van der Waals surface area (Å²) in [6, 6.07) is 8.67. The summed E-state index contributed by atoms with van der Waals surface area (Å²) >= 11 is 0. The molecule has 0 saturated heterocycles. The number of benzene rings is 2. The summed E-state index contributed by atoms with van der Waals surface area (Å²) in [5.74, 6) is -2.94. The third kappa shape index (κ3) is 3.78. The van der Waals surface area contributed by atoms with E-state index in [1.165, 1.54) is 0 Å². The van der Waals surface area contributed by atoms with Crippen molar-refractivity contribution in [2.45, 2.75) is 39.3 Å². The molecule has 0 fully saturated rings. The zero-order chi connectivity index (χ0) is 22.3. The van der Waals surface area contributed by atoms with Gasteiger partial charge in [0.2, 0.25) is 5.91 Å². The molecule has 6 nitrogen and oxygen atoms in total. The Hall–Kier alpha value is -3.29. The third-order valence-electron chi connectivity index (χ3n) is 5.72. The first-order chi connectivity index (χ1) is 14.8. The number of H-pyrrole nitrogens is 1. The Morgan fingerprint density at radius 1 is 1.10 bits per heavy atom. The standard InChI is InChI=1S/C23H23F2N3O3/c1-13(2)11-18(21(29)27-10-9-14-5-3-4-6-15(14)12-27)28-22(30)19-17(26-23(28)31)8-7-16(24)20(19)25/h3-8,13,18H,9-12H2,1-2H3,(H,26,31)/t18-/m1/s1. The van der Waals surface area contributed by atoms with Gasteiger partial charge in [0.25, 0.3) is 5.56 Å². The zero-order valence-corrected chi connectivity index (χ0v) is 17.3. The van der Waals surface area contributed by atoms with Gasteiger partial charge in [0.05, 0.1) is 5.52 Å². The first-order valence-electron chi connectivity index (χ1n) is 10.3. The first-order valence-corrected chi connectivity index (χ1v) is 10.3. The maximum atomic E-state index is 14.4. The van der Waals surface area contributed by atoms with Gasteiger partial charge in [-0.1, -0.05) is 38.1 Å². The number of aromatic amines is 1. The monoisotopic (exact) mass is 427 g/mol. The van der Waals surface area contributed by atoms with Crippen molar-refractivity contribution in [3.63, 3.8) is 0 Å². The second-order valence-corrected chi connectivity index (χ2v) is 8.31. The Morgan fingerprint density at radius 2 is 1.81 bits per heavy atom. The molecular weight excluding hydrogens is 404 g/mol. The molecule has 162 valence electrons. The Bertz CT molecular complexity index is 1280. The van der Waals surface area contributed by atoms with Gasteiger partial charge >= 0.3 is 5.69 Å². The molecule has 1 atom stereocenters. The van der Waals surface area contributed by atoms with Crippen LogP contribution in [0.4, 0.5) is 8.78 Å². The van der Waals surface area contributed by atoms with Crippen molar-refractivity contribution in [3.05, 3.63) is 80.0 Å². The number of hydrogen-bond donors (Lipinski definition) is 1. The molecule has 1 amide bonds. The van der Waals surface area contributed by atoms with E-state index in [0.717, 1.165) is 27.8 Å². The Balaban J connectivity index is 1.81. The maximum absolute atomic E-state index is 14.4. The molecule has 0 spiro atoms. The summed E-state index contributed by atoms with van der Waals surface area (Å²) in [6.07, 6.45) is 0.877. The van der Waals surface area contributed by atoms with Crippen LogP contribution in [0.25, 0.3) is 10.9 Å². The van der Waals surface area contributed by atoms with Gasteiger partial charge in [0.1, 0.15) is 11.4 Å². The lowest BCUT2D eigenvalue weighted by Crippen LogP contribution is -2.47. The minimum absolute atomic E-state index is 0.0228. The van der Waals surface area contributed by atoms with Crippen LogP contribution in [-0.2, 0) is 17.8 Å². The lowest BCUT2D eigenvalue weighted by Gasteiger charge is -2.32. The zero-order valence-electron chi connectivity index (χ0n) is 17.3. The molecule has 3 aromatic rings. The minimum atomic E-state index is -1.34. The molecule has 1 N–H and O–H groups in total. The van der Waals surface area contributed by atoms with E-state index in [0.29, 0.717) is 19.5 Å². The van der Waals surface area contributed by atoms with Gasteiger partial charge in [-0.05, 0) is 42.0 Å². The normalized spacial score (nSPS) is 14.7. The van der Waals surface area contributed by atoms with E-state index in [9.17, 15) is 23.2 Å². The molecule has 1 aliphatic heterocycles. The average Bonchev–Trinajstić information content (AvgIpc) is 2.74. The molecule has 2 aromatic carbocycles. The number of aromatic nitrogens is 2. The fourth-order valence-electron chi connectivity index (χ4n) is 4.19. The molecule has 0 radical (unpaired) electrons. The van der Waals surface area contributed by atoms with E-state index in [2.05, 4.69) is 4.98 Å². The minimum Gasteiger partial charge on any atom is -0.336 e. The number of nitrogens with one attached hydrogen (secondary N) is 1. The van der Waals surface area contributed by atoms with Crippen molar-refractivity contribution in [2.24, 2.45) is 5.92 Å². The summed E-state index contributed by atoms with van der Waals surface area (Å²) in [4.78, 5) is 43.4. The molecule has 8 heteroatoms. The van der Waals surface area contributed by atoms with Gasteiger partial charge in [-0.15, -0.1) is 0 Å². The number of fused-ring (bicyclic) bond motifs is 2. The number of amides is 1. The highest BCUT2D eigenvalue weighted by molar-refractivity contribution is 5.82. The first kappa shape index (κ1) is 21.0. The van der Waals surface area contributed by atoms with Gasteiger partial charge < -0.3 is 9.88 Å². The second-order valence-electron chi connectivity index (χ2n) is 8.31. The number of carbonyl (C=O) groups excluding carboxylic acids is 1. The third-order valence-corrected chi connectivity index (χ3v) is 5.72. The van der Waals surface area contributed by atoms with Crippen LogP contribution in [0, 0.1) is 17.6 Å². The highest BCUT2D eigenvalue weighted by Crippen LogP contribution is 2.24. The van der Waals surface area contributed by atoms with E-state index >= 15 is 0 Å².